The first-order chi connectivity index (χ1) is 5.54. The minimum absolute atomic E-state index is 0.0779. The Labute approximate surface area is 82.9 Å². The van der Waals surface area contributed by atoms with Crippen LogP contribution in [0.5, 0.6) is 0 Å². The SMILES string of the molecule is NC(=S)n1ncc(Cl)c(Cl)c1=O. The van der Waals surface area contributed by atoms with Crippen LogP contribution in [0.1, 0.15) is 0 Å². The summed E-state index contributed by atoms with van der Waals surface area (Å²) in [7, 11) is 0. The summed E-state index contributed by atoms with van der Waals surface area (Å²) in [5, 5.41) is 3.33. The van der Waals surface area contributed by atoms with Crippen molar-refractivity contribution < 1.29 is 0 Å². The van der Waals surface area contributed by atoms with Gasteiger partial charge in [-0.25, -0.2) is 0 Å². The fraction of sp³-hybridized carbons (Fsp3) is 0. The number of rotatable bonds is 0. The molecular formula is C5H3Cl2N3OS. The number of hydrogen-bond donors (Lipinski definition) is 1. The van der Waals surface area contributed by atoms with Gasteiger partial charge in [-0.15, -0.1) is 0 Å². The topological polar surface area (TPSA) is 60.9 Å². The van der Waals surface area contributed by atoms with Gasteiger partial charge in [-0.2, -0.15) is 9.78 Å². The smallest absolute Gasteiger partial charge is 0.293 e. The monoisotopic (exact) mass is 223 g/mol. The van der Waals surface area contributed by atoms with E-state index < -0.39 is 5.56 Å². The summed E-state index contributed by atoms with van der Waals surface area (Å²) < 4.78 is 0.795. The number of thiocarbonyl (C=S) groups is 1. The van der Waals surface area contributed by atoms with Gasteiger partial charge in [0.05, 0.1) is 11.2 Å². The van der Waals surface area contributed by atoms with E-state index in [0.717, 1.165) is 4.68 Å². The number of nitrogens with zero attached hydrogens (tertiary/aromatic N) is 2. The van der Waals surface area contributed by atoms with Crippen molar-refractivity contribution in [3.05, 3.63) is 26.6 Å². The van der Waals surface area contributed by atoms with Crippen LogP contribution in [0.4, 0.5) is 0 Å². The highest BCUT2D eigenvalue weighted by Crippen LogP contribution is 2.14. The van der Waals surface area contributed by atoms with E-state index in [1.54, 1.807) is 0 Å². The molecule has 1 aromatic rings. The average Bonchev–Trinajstić information content (AvgIpc) is 2.00. The highest BCUT2D eigenvalue weighted by Gasteiger charge is 2.07. The van der Waals surface area contributed by atoms with E-state index in [-0.39, 0.29) is 15.2 Å². The molecule has 0 aliphatic rings. The van der Waals surface area contributed by atoms with E-state index in [9.17, 15) is 4.79 Å². The third kappa shape index (κ3) is 1.57. The molecule has 0 aromatic carbocycles. The van der Waals surface area contributed by atoms with Gasteiger partial charge >= 0.3 is 0 Å². The normalized spacial score (nSPS) is 9.83. The second-order valence-corrected chi connectivity index (χ2v) is 3.07. The molecular weight excluding hydrogens is 221 g/mol. The first-order valence-corrected chi connectivity index (χ1v) is 3.93. The molecule has 0 unspecified atom stereocenters. The summed E-state index contributed by atoms with van der Waals surface area (Å²) in [4.78, 5) is 11.1. The lowest BCUT2D eigenvalue weighted by Crippen LogP contribution is -2.33. The molecule has 0 atom stereocenters. The van der Waals surface area contributed by atoms with Gasteiger partial charge in [0.1, 0.15) is 5.02 Å². The van der Waals surface area contributed by atoms with Gasteiger partial charge in [-0.1, -0.05) is 23.2 Å². The lowest BCUT2D eigenvalue weighted by Gasteiger charge is -2.00. The van der Waals surface area contributed by atoms with Crippen molar-refractivity contribution in [3.8, 4) is 0 Å². The zero-order valence-corrected chi connectivity index (χ0v) is 7.95. The molecule has 1 rings (SSSR count). The highest BCUT2D eigenvalue weighted by molar-refractivity contribution is 7.80. The Morgan fingerprint density at radius 3 is 2.75 bits per heavy atom. The molecule has 0 bridgehead atoms. The average molecular weight is 224 g/mol. The second-order valence-electron chi connectivity index (χ2n) is 1.86. The van der Waals surface area contributed by atoms with E-state index in [1.807, 2.05) is 0 Å². The maximum absolute atomic E-state index is 11.1. The molecule has 0 radical (unpaired) electrons. The Bertz CT molecular complexity index is 389. The van der Waals surface area contributed by atoms with Crippen LogP contribution >= 0.6 is 35.4 Å². The molecule has 0 fully saturated rings. The van der Waals surface area contributed by atoms with Crippen molar-refractivity contribution in [2.24, 2.45) is 5.73 Å². The van der Waals surface area contributed by atoms with Gasteiger partial charge < -0.3 is 5.73 Å². The van der Waals surface area contributed by atoms with Crippen molar-refractivity contribution in [3.63, 3.8) is 0 Å². The molecule has 0 aliphatic heterocycles. The fourth-order valence-corrected chi connectivity index (χ4v) is 0.953. The summed E-state index contributed by atoms with van der Waals surface area (Å²) in [5.74, 6) is 0. The molecule has 0 saturated heterocycles. The maximum atomic E-state index is 11.1. The van der Waals surface area contributed by atoms with Gasteiger partial charge in [-0.3, -0.25) is 4.79 Å². The Morgan fingerprint density at radius 1 is 1.67 bits per heavy atom. The Balaban J connectivity index is 3.47. The van der Waals surface area contributed by atoms with Crippen LogP contribution in [-0.2, 0) is 0 Å². The largest absolute Gasteiger partial charge is 0.374 e. The standard InChI is InChI=1S/C5H3Cl2N3OS/c6-2-1-9-10(5(8)12)4(11)3(2)7/h1H,(H2,8,12). The molecule has 7 heteroatoms. The van der Waals surface area contributed by atoms with Crippen LogP contribution in [0.3, 0.4) is 0 Å². The van der Waals surface area contributed by atoms with Crippen LogP contribution in [0.25, 0.3) is 0 Å². The second kappa shape index (κ2) is 3.38. The van der Waals surface area contributed by atoms with Crippen molar-refractivity contribution in [1.29, 1.82) is 0 Å². The van der Waals surface area contributed by atoms with Crippen LogP contribution in [0.15, 0.2) is 11.0 Å². The first kappa shape index (κ1) is 9.44. The van der Waals surface area contributed by atoms with Crippen LogP contribution in [0, 0.1) is 0 Å². The maximum Gasteiger partial charge on any atom is 0.293 e. The molecule has 1 heterocycles. The molecule has 1 aromatic heterocycles. The van der Waals surface area contributed by atoms with E-state index in [0.29, 0.717) is 0 Å². The van der Waals surface area contributed by atoms with Gasteiger partial charge in [0, 0.05) is 0 Å². The van der Waals surface area contributed by atoms with Gasteiger partial charge in [0.25, 0.3) is 5.56 Å². The number of nitrogens with two attached hydrogens (primary N) is 1. The van der Waals surface area contributed by atoms with Crippen molar-refractivity contribution in [1.82, 2.24) is 9.78 Å². The minimum Gasteiger partial charge on any atom is -0.374 e. The molecule has 0 aliphatic carbocycles. The molecule has 0 spiro atoms. The van der Waals surface area contributed by atoms with E-state index in [2.05, 4.69) is 17.3 Å². The zero-order chi connectivity index (χ0) is 9.30. The number of hydrogen-bond acceptors (Lipinski definition) is 3. The lowest BCUT2D eigenvalue weighted by atomic mass is 10.5. The van der Waals surface area contributed by atoms with Gasteiger partial charge in [-0.05, 0) is 12.2 Å². The minimum atomic E-state index is -0.614. The van der Waals surface area contributed by atoms with Crippen molar-refractivity contribution in [2.75, 3.05) is 0 Å². The predicted octanol–water partition coefficient (Wildman–Crippen LogP) is 0.642. The van der Waals surface area contributed by atoms with E-state index >= 15 is 0 Å². The van der Waals surface area contributed by atoms with E-state index in [1.165, 1.54) is 6.20 Å². The summed E-state index contributed by atoms with van der Waals surface area (Å²) in [6.07, 6.45) is 1.20. The summed E-state index contributed by atoms with van der Waals surface area (Å²) in [5.41, 5.74) is 4.55. The molecule has 0 amide bonds. The fourth-order valence-electron chi connectivity index (χ4n) is 0.570. The van der Waals surface area contributed by atoms with Crippen LogP contribution in [-0.4, -0.2) is 14.9 Å². The van der Waals surface area contributed by atoms with Gasteiger partial charge in [0.2, 0.25) is 0 Å². The van der Waals surface area contributed by atoms with Crippen molar-refractivity contribution in [2.45, 2.75) is 0 Å². The molecule has 2 N–H and O–H groups in total. The summed E-state index contributed by atoms with van der Waals surface area (Å²) >= 11 is 15.5. The Kier molecular flexibility index (Phi) is 2.66. The Hall–Kier alpha value is -0.650. The highest BCUT2D eigenvalue weighted by atomic mass is 35.5. The molecule has 12 heavy (non-hydrogen) atoms. The molecule has 0 saturated carbocycles. The summed E-state index contributed by atoms with van der Waals surface area (Å²) in [6.45, 7) is 0. The summed E-state index contributed by atoms with van der Waals surface area (Å²) in [6, 6.07) is 0. The van der Waals surface area contributed by atoms with Crippen molar-refractivity contribution >= 4 is 40.5 Å². The number of halogens is 2. The third-order valence-electron chi connectivity index (χ3n) is 1.09. The quantitative estimate of drug-likeness (QED) is 0.657. The van der Waals surface area contributed by atoms with Crippen LogP contribution < -0.4 is 11.3 Å². The molecule has 64 valence electrons. The van der Waals surface area contributed by atoms with Gasteiger partial charge in [0.15, 0.2) is 5.11 Å². The Morgan fingerprint density at radius 2 is 2.25 bits per heavy atom. The zero-order valence-electron chi connectivity index (χ0n) is 5.62. The number of aromatic nitrogens is 2. The predicted molar refractivity (Wildman–Crippen MR) is 50.7 cm³/mol. The van der Waals surface area contributed by atoms with E-state index in [4.69, 9.17) is 28.9 Å². The lowest BCUT2D eigenvalue weighted by molar-refractivity contribution is 0.858. The molecule has 4 nitrogen and oxygen atoms in total. The third-order valence-corrected chi connectivity index (χ3v) is 2.01. The first-order valence-electron chi connectivity index (χ1n) is 2.77. The van der Waals surface area contributed by atoms with Crippen LogP contribution in [0.2, 0.25) is 10.0 Å².